The van der Waals surface area contributed by atoms with E-state index < -0.39 is 15.8 Å². The zero-order chi connectivity index (χ0) is 16.0. The van der Waals surface area contributed by atoms with Crippen molar-refractivity contribution in [1.29, 1.82) is 5.26 Å². The second-order valence-electron chi connectivity index (χ2n) is 4.96. The molecule has 0 atom stereocenters. The largest absolute Gasteiger partial charge is 0.308 e. The number of hydrogen-bond acceptors (Lipinski definition) is 4. The van der Waals surface area contributed by atoms with Gasteiger partial charge in [0.15, 0.2) is 0 Å². The summed E-state index contributed by atoms with van der Waals surface area (Å²) in [7, 11) is 0.00768. The quantitative estimate of drug-likeness (QED) is 0.768. The third-order valence-electron chi connectivity index (χ3n) is 2.97. The number of sulfonamides is 1. The standard InChI is InChI=1S/C14H20FN3O2S/c1-4-7-18(9-8-17(2)3)21(19,20)13-5-6-14(15)12(10-13)11-16/h5-6,10H,4,7-9H2,1-3H3. The van der Waals surface area contributed by atoms with Crippen molar-refractivity contribution in [3.8, 4) is 6.07 Å². The summed E-state index contributed by atoms with van der Waals surface area (Å²) in [4.78, 5) is 1.84. The first-order valence-electron chi connectivity index (χ1n) is 6.67. The van der Waals surface area contributed by atoms with Gasteiger partial charge in [-0.25, -0.2) is 12.8 Å². The Kier molecular flexibility index (Phi) is 6.27. The zero-order valence-corrected chi connectivity index (χ0v) is 13.3. The molecule has 5 nitrogen and oxygen atoms in total. The lowest BCUT2D eigenvalue weighted by Gasteiger charge is -2.23. The molecule has 0 radical (unpaired) electrons. The van der Waals surface area contributed by atoms with E-state index in [1.807, 2.05) is 25.9 Å². The number of nitriles is 1. The molecule has 0 fully saturated rings. The minimum absolute atomic E-state index is 0.0485. The van der Waals surface area contributed by atoms with E-state index in [2.05, 4.69) is 0 Å². The van der Waals surface area contributed by atoms with E-state index in [4.69, 9.17) is 5.26 Å². The third kappa shape index (κ3) is 4.49. The van der Waals surface area contributed by atoms with Gasteiger partial charge in [-0.3, -0.25) is 0 Å². The van der Waals surface area contributed by atoms with Crippen molar-refractivity contribution >= 4 is 10.0 Å². The summed E-state index contributed by atoms with van der Waals surface area (Å²) >= 11 is 0. The first-order valence-corrected chi connectivity index (χ1v) is 8.11. The van der Waals surface area contributed by atoms with Crippen LogP contribution in [-0.4, -0.2) is 51.4 Å². The zero-order valence-electron chi connectivity index (χ0n) is 12.5. The fourth-order valence-corrected chi connectivity index (χ4v) is 3.36. The SMILES string of the molecule is CCCN(CCN(C)C)S(=O)(=O)c1ccc(F)c(C#N)c1. The molecular weight excluding hydrogens is 293 g/mol. The number of rotatable bonds is 7. The van der Waals surface area contributed by atoms with E-state index in [1.165, 1.54) is 10.4 Å². The van der Waals surface area contributed by atoms with Gasteiger partial charge in [0.1, 0.15) is 11.9 Å². The maximum Gasteiger partial charge on any atom is 0.243 e. The predicted octanol–water partition coefficient (Wildman–Crippen LogP) is 1.66. The van der Waals surface area contributed by atoms with Crippen LogP contribution in [0.15, 0.2) is 23.1 Å². The highest BCUT2D eigenvalue weighted by Crippen LogP contribution is 2.19. The Morgan fingerprint density at radius 3 is 2.43 bits per heavy atom. The van der Waals surface area contributed by atoms with Gasteiger partial charge in [-0.05, 0) is 38.7 Å². The van der Waals surface area contributed by atoms with Crippen molar-refractivity contribution in [2.24, 2.45) is 0 Å². The number of likely N-dealkylation sites (N-methyl/N-ethyl adjacent to an activating group) is 1. The minimum Gasteiger partial charge on any atom is -0.308 e. The number of halogens is 1. The lowest BCUT2D eigenvalue weighted by Crippen LogP contribution is -2.37. The molecule has 0 saturated carbocycles. The van der Waals surface area contributed by atoms with Gasteiger partial charge in [-0.2, -0.15) is 9.57 Å². The Morgan fingerprint density at radius 2 is 1.90 bits per heavy atom. The normalized spacial score (nSPS) is 11.9. The molecule has 0 aliphatic heterocycles. The molecule has 0 amide bonds. The van der Waals surface area contributed by atoms with Gasteiger partial charge >= 0.3 is 0 Å². The van der Waals surface area contributed by atoms with E-state index >= 15 is 0 Å². The van der Waals surface area contributed by atoms with Crippen molar-refractivity contribution < 1.29 is 12.8 Å². The van der Waals surface area contributed by atoms with Crippen LogP contribution in [0.4, 0.5) is 4.39 Å². The second-order valence-corrected chi connectivity index (χ2v) is 6.90. The summed E-state index contributed by atoms with van der Waals surface area (Å²) in [6.45, 7) is 3.22. The third-order valence-corrected chi connectivity index (χ3v) is 4.86. The van der Waals surface area contributed by atoms with Crippen molar-refractivity contribution in [2.45, 2.75) is 18.2 Å². The first-order chi connectivity index (χ1) is 9.82. The van der Waals surface area contributed by atoms with Gasteiger partial charge in [0, 0.05) is 19.6 Å². The lowest BCUT2D eigenvalue weighted by molar-refractivity contribution is 0.333. The van der Waals surface area contributed by atoms with Gasteiger partial charge in [0.05, 0.1) is 10.5 Å². The maximum absolute atomic E-state index is 13.3. The Balaban J connectivity index is 3.13. The number of hydrogen-bond donors (Lipinski definition) is 0. The molecule has 0 N–H and O–H groups in total. The van der Waals surface area contributed by atoms with Gasteiger partial charge in [-0.1, -0.05) is 6.92 Å². The Morgan fingerprint density at radius 1 is 1.24 bits per heavy atom. The van der Waals surface area contributed by atoms with Crippen LogP contribution in [0.5, 0.6) is 0 Å². The molecule has 21 heavy (non-hydrogen) atoms. The van der Waals surface area contributed by atoms with E-state index in [9.17, 15) is 12.8 Å². The van der Waals surface area contributed by atoms with Crippen LogP contribution in [0, 0.1) is 17.1 Å². The molecule has 0 aliphatic carbocycles. The minimum atomic E-state index is -3.72. The molecule has 0 saturated heterocycles. The highest BCUT2D eigenvalue weighted by Gasteiger charge is 2.24. The summed E-state index contributed by atoms with van der Waals surface area (Å²) in [6.07, 6.45) is 0.680. The summed E-state index contributed by atoms with van der Waals surface area (Å²) in [5.74, 6) is -0.716. The Hall–Kier alpha value is -1.49. The van der Waals surface area contributed by atoms with E-state index in [0.717, 1.165) is 12.1 Å². The maximum atomic E-state index is 13.3. The smallest absolute Gasteiger partial charge is 0.243 e. The molecule has 1 aromatic carbocycles. The van der Waals surface area contributed by atoms with E-state index in [0.29, 0.717) is 26.1 Å². The van der Waals surface area contributed by atoms with Crippen LogP contribution in [0.2, 0.25) is 0 Å². The molecular formula is C14H20FN3O2S. The van der Waals surface area contributed by atoms with Crippen LogP contribution in [0.3, 0.4) is 0 Å². The van der Waals surface area contributed by atoms with Crippen LogP contribution in [0.25, 0.3) is 0 Å². The van der Waals surface area contributed by atoms with Crippen molar-refractivity contribution in [3.05, 3.63) is 29.6 Å². The molecule has 0 heterocycles. The van der Waals surface area contributed by atoms with E-state index in [1.54, 1.807) is 6.07 Å². The molecule has 0 bridgehead atoms. The van der Waals surface area contributed by atoms with Crippen LogP contribution in [0.1, 0.15) is 18.9 Å². The summed E-state index contributed by atoms with van der Waals surface area (Å²) in [5, 5.41) is 8.82. The molecule has 1 rings (SSSR count). The molecule has 0 aromatic heterocycles. The Labute approximate surface area is 125 Å². The molecule has 116 valence electrons. The summed E-state index contributed by atoms with van der Waals surface area (Å²) in [6, 6.07) is 4.96. The first kappa shape index (κ1) is 17.6. The van der Waals surface area contributed by atoms with Crippen molar-refractivity contribution in [3.63, 3.8) is 0 Å². The summed E-state index contributed by atoms with van der Waals surface area (Å²) < 4.78 is 39.9. The van der Waals surface area contributed by atoms with Crippen molar-refractivity contribution in [1.82, 2.24) is 9.21 Å². The monoisotopic (exact) mass is 313 g/mol. The average Bonchev–Trinajstić information content (AvgIpc) is 2.43. The topological polar surface area (TPSA) is 64.4 Å². The molecule has 1 aromatic rings. The molecule has 0 spiro atoms. The number of benzene rings is 1. The molecule has 0 unspecified atom stereocenters. The van der Waals surface area contributed by atoms with E-state index in [-0.39, 0.29) is 10.5 Å². The van der Waals surface area contributed by atoms with Crippen LogP contribution >= 0.6 is 0 Å². The fraction of sp³-hybridized carbons (Fsp3) is 0.500. The predicted molar refractivity (Wildman–Crippen MR) is 78.7 cm³/mol. The van der Waals surface area contributed by atoms with Crippen LogP contribution in [-0.2, 0) is 10.0 Å². The molecule has 0 aliphatic rings. The lowest BCUT2D eigenvalue weighted by atomic mass is 10.2. The average molecular weight is 313 g/mol. The highest BCUT2D eigenvalue weighted by atomic mass is 32.2. The summed E-state index contributed by atoms with van der Waals surface area (Å²) in [5.41, 5.74) is -0.264. The Bertz CT molecular complexity index is 624. The number of nitrogens with zero attached hydrogens (tertiary/aromatic N) is 3. The fourth-order valence-electron chi connectivity index (χ4n) is 1.81. The highest BCUT2D eigenvalue weighted by molar-refractivity contribution is 7.89. The van der Waals surface area contributed by atoms with Crippen molar-refractivity contribution in [2.75, 3.05) is 33.7 Å². The van der Waals surface area contributed by atoms with Gasteiger partial charge < -0.3 is 4.90 Å². The van der Waals surface area contributed by atoms with Gasteiger partial charge in [0.25, 0.3) is 0 Å². The second kappa shape index (κ2) is 7.50. The van der Waals surface area contributed by atoms with Gasteiger partial charge in [0.2, 0.25) is 10.0 Å². The molecule has 7 heteroatoms. The van der Waals surface area contributed by atoms with Gasteiger partial charge in [-0.15, -0.1) is 0 Å². The van der Waals surface area contributed by atoms with Crippen LogP contribution < -0.4 is 0 Å².